The molecule has 0 spiro atoms. The smallest absolute Gasteiger partial charge is 0.306 e. The van der Waals surface area contributed by atoms with Gasteiger partial charge in [0.2, 0.25) is 5.91 Å². The molecule has 1 aromatic rings. The number of halogens is 1. The Morgan fingerprint density at radius 1 is 1.19 bits per heavy atom. The molecular weight excluding hydrogens is 290 g/mol. The summed E-state index contributed by atoms with van der Waals surface area (Å²) in [6.45, 7) is 5.97. The van der Waals surface area contributed by atoms with Crippen LogP contribution in [0.2, 0.25) is 5.02 Å². The maximum atomic E-state index is 12.3. The molecular formula is C16H22ClNO3. The number of nitrogens with one attached hydrogen (secondary N) is 1. The molecule has 5 heteroatoms. The monoisotopic (exact) mass is 311 g/mol. The molecule has 2 atom stereocenters. The Morgan fingerprint density at radius 2 is 1.76 bits per heavy atom. The van der Waals surface area contributed by atoms with Gasteiger partial charge in [0, 0.05) is 11.6 Å². The minimum Gasteiger partial charge on any atom is -0.481 e. The van der Waals surface area contributed by atoms with E-state index in [-0.39, 0.29) is 17.7 Å². The molecule has 2 N–H and O–H groups in total. The second-order valence-corrected chi connectivity index (χ2v) is 6.03. The minimum absolute atomic E-state index is 0.0788. The van der Waals surface area contributed by atoms with Crippen molar-refractivity contribution in [1.29, 1.82) is 0 Å². The first kappa shape index (κ1) is 17.5. The molecule has 2 unspecified atom stereocenters. The lowest BCUT2D eigenvalue weighted by molar-refractivity contribution is -0.141. The highest BCUT2D eigenvalue weighted by atomic mass is 35.5. The standard InChI is InChI=1S/C16H22ClNO3/c1-10(2)14(12-4-6-13(17)7-5-12)15(19)18-9-8-11(3)16(20)21/h4-7,10-11,14H,8-9H2,1-3H3,(H,18,19)(H,20,21). The van der Waals surface area contributed by atoms with Crippen molar-refractivity contribution in [2.24, 2.45) is 11.8 Å². The van der Waals surface area contributed by atoms with Crippen LogP contribution in [0, 0.1) is 11.8 Å². The van der Waals surface area contributed by atoms with E-state index in [1.54, 1.807) is 19.1 Å². The third-order valence-electron chi connectivity index (χ3n) is 3.48. The van der Waals surface area contributed by atoms with Gasteiger partial charge in [0.05, 0.1) is 11.8 Å². The van der Waals surface area contributed by atoms with E-state index in [1.807, 2.05) is 26.0 Å². The zero-order valence-electron chi connectivity index (χ0n) is 12.6. The van der Waals surface area contributed by atoms with Crippen molar-refractivity contribution in [3.8, 4) is 0 Å². The number of carboxylic acid groups (broad SMARTS) is 1. The van der Waals surface area contributed by atoms with E-state index >= 15 is 0 Å². The molecule has 0 aliphatic heterocycles. The number of carbonyl (C=O) groups is 2. The zero-order chi connectivity index (χ0) is 16.0. The maximum Gasteiger partial charge on any atom is 0.306 e. The molecule has 0 saturated heterocycles. The van der Waals surface area contributed by atoms with Gasteiger partial charge in [-0.2, -0.15) is 0 Å². The highest BCUT2D eigenvalue weighted by Crippen LogP contribution is 2.26. The normalized spacial score (nSPS) is 13.8. The minimum atomic E-state index is -0.845. The van der Waals surface area contributed by atoms with Gasteiger partial charge in [0.15, 0.2) is 0 Å². The quantitative estimate of drug-likeness (QED) is 0.812. The number of aliphatic carboxylic acids is 1. The number of amides is 1. The van der Waals surface area contributed by atoms with Gasteiger partial charge in [0.1, 0.15) is 0 Å². The molecule has 1 amide bonds. The fourth-order valence-electron chi connectivity index (χ4n) is 2.15. The average molecular weight is 312 g/mol. The van der Waals surface area contributed by atoms with Crippen LogP contribution >= 0.6 is 11.6 Å². The second-order valence-electron chi connectivity index (χ2n) is 5.59. The largest absolute Gasteiger partial charge is 0.481 e. The number of carboxylic acids is 1. The Kier molecular flexibility index (Phi) is 6.69. The second kappa shape index (κ2) is 8.03. The fraction of sp³-hybridized carbons (Fsp3) is 0.500. The lowest BCUT2D eigenvalue weighted by Gasteiger charge is -2.21. The molecule has 0 fully saturated rings. The summed E-state index contributed by atoms with van der Waals surface area (Å²) in [6.07, 6.45) is 0.423. The molecule has 0 bridgehead atoms. The van der Waals surface area contributed by atoms with Gasteiger partial charge in [-0.15, -0.1) is 0 Å². The van der Waals surface area contributed by atoms with Crippen LogP contribution in [0.3, 0.4) is 0 Å². The molecule has 0 radical (unpaired) electrons. The van der Waals surface area contributed by atoms with Gasteiger partial charge < -0.3 is 10.4 Å². The maximum absolute atomic E-state index is 12.3. The van der Waals surface area contributed by atoms with Crippen LogP contribution in [0.5, 0.6) is 0 Å². The Bertz CT molecular complexity index is 485. The van der Waals surface area contributed by atoms with E-state index < -0.39 is 11.9 Å². The van der Waals surface area contributed by atoms with Crippen LogP contribution in [0.4, 0.5) is 0 Å². The first-order valence-electron chi connectivity index (χ1n) is 7.09. The van der Waals surface area contributed by atoms with Crippen LogP contribution < -0.4 is 5.32 Å². The van der Waals surface area contributed by atoms with Crippen molar-refractivity contribution < 1.29 is 14.7 Å². The van der Waals surface area contributed by atoms with Gasteiger partial charge in [-0.1, -0.05) is 44.5 Å². The van der Waals surface area contributed by atoms with Crippen molar-refractivity contribution in [1.82, 2.24) is 5.32 Å². The van der Waals surface area contributed by atoms with Crippen molar-refractivity contribution in [3.63, 3.8) is 0 Å². The highest BCUT2D eigenvalue weighted by molar-refractivity contribution is 6.30. The Labute approximate surface area is 130 Å². The predicted octanol–water partition coefficient (Wildman–Crippen LogP) is 3.31. The molecule has 4 nitrogen and oxygen atoms in total. The number of carbonyl (C=O) groups excluding carboxylic acids is 1. The summed E-state index contributed by atoms with van der Waals surface area (Å²) in [4.78, 5) is 23.1. The molecule has 21 heavy (non-hydrogen) atoms. The van der Waals surface area contributed by atoms with Crippen LogP contribution in [0.25, 0.3) is 0 Å². The number of benzene rings is 1. The third-order valence-corrected chi connectivity index (χ3v) is 3.73. The SMILES string of the molecule is CC(CCNC(=O)C(c1ccc(Cl)cc1)C(C)C)C(=O)O. The molecule has 0 saturated carbocycles. The molecule has 116 valence electrons. The van der Waals surface area contributed by atoms with Gasteiger partial charge in [0.25, 0.3) is 0 Å². The van der Waals surface area contributed by atoms with E-state index in [2.05, 4.69) is 5.32 Å². The molecule has 0 aromatic heterocycles. The zero-order valence-corrected chi connectivity index (χ0v) is 13.4. The van der Waals surface area contributed by atoms with Crippen LogP contribution in [-0.4, -0.2) is 23.5 Å². The van der Waals surface area contributed by atoms with Crippen molar-refractivity contribution >= 4 is 23.5 Å². The molecule has 1 rings (SSSR count). The van der Waals surface area contributed by atoms with Crippen molar-refractivity contribution in [2.75, 3.05) is 6.54 Å². The van der Waals surface area contributed by atoms with Gasteiger partial charge in [-0.25, -0.2) is 0 Å². The Balaban J connectivity index is 2.66. The molecule has 0 aliphatic carbocycles. The lowest BCUT2D eigenvalue weighted by atomic mass is 9.87. The summed E-state index contributed by atoms with van der Waals surface area (Å²) < 4.78 is 0. The molecule has 0 heterocycles. The van der Waals surface area contributed by atoms with Gasteiger partial charge in [-0.3, -0.25) is 9.59 Å². The van der Waals surface area contributed by atoms with E-state index in [4.69, 9.17) is 16.7 Å². The van der Waals surface area contributed by atoms with Crippen molar-refractivity contribution in [3.05, 3.63) is 34.9 Å². The summed E-state index contributed by atoms with van der Waals surface area (Å²) in [5.41, 5.74) is 0.915. The Hall–Kier alpha value is -1.55. The van der Waals surface area contributed by atoms with Crippen molar-refractivity contribution in [2.45, 2.75) is 33.1 Å². The third kappa shape index (κ3) is 5.38. The van der Waals surface area contributed by atoms with E-state index in [0.29, 0.717) is 18.0 Å². The molecule has 0 aliphatic rings. The number of hydrogen-bond donors (Lipinski definition) is 2. The Morgan fingerprint density at radius 3 is 2.24 bits per heavy atom. The van der Waals surface area contributed by atoms with Gasteiger partial charge >= 0.3 is 5.97 Å². The van der Waals surface area contributed by atoms with Crippen LogP contribution in [0.1, 0.15) is 38.7 Å². The van der Waals surface area contributed by atoms with Crippen LogP contribution in [0.15, 0.2) is 24.3 Å². The van der Waals surface area contributed by atoms with Gasteiger partial charge in [-0.05, 0) is 30.0 Å². The number of hydrogen-bond acceptors (Lipinski definition) is 2. The first-order valence-corrected chi connectivity index (χ1v) is 7.46. The van der Waals surface area contributed by atoms with Crippen LogP contribution in [-0.2, 0) is 9.59 Å². The number of rotatable bonds is 7. The van der Waals surface area contributed by atoms with E-state index in [1.165, 1.54) is 0 Å². The summed E-state index contributed by atoms with van der Waals surface area (Å²) in [5.74, 6) is -1.50. The van der Waals surface area contributed by atoms with E-state index in [0.717, 1.165) is 5.56 Å². The lowest BCUT2D eigenvalue weighted by Crippen LogP contribution is -2.33. The predicted molar refractivity (Wildman–Crippen MR) is 83.5 cm³/mol. The summed E-state index contributed by atoms with van der Waals surface area (Å²) in [7, 11) is 0. The average Bonchev–Trinajstić information content (AvgIpc) is 2.40. The molecule has 1 aromatic carbocycles. The topological polar surface area (TPSA) is 66.4 Å². The first-order chi connectivity index (χ1) is 9.82. The summed E-state index contributed by atoms with van der Waals surface area (Å²) in [6, 6.07) is 7.25. The highest BCUT2D eigenvalue weighted by Gasteiger charge is 2.24. The van der Waals surface area contributed by atoms with E-state index in [9.17, 15) is 9.59 Å². The fourth-order valence-corrected chi connectivity index (χ4v) is 2.28. The summed E-state index contributed by atoms with van der Waals surface area (Å²) in [5, 5.41) is 12.3. The summed E-state index contributed by atoms with van der Waals surface area (Å²) >= 11 is 5.87.